The summed E-state index contributed by atoms with van der Waals surface area (Å²) in [5.74, 6) is 0.458. The zero-order valence-electron chi connectivity index (χ0n) is 11.7. The quantitative estimate of drug-likeness (QED) is 0.347. The Bertz CT molecular complexity index is 684. The molecule has 1 heterocycles. The fraction of sp³-hybridized carbons (Fsp3) is 0.312. The fourth-order valence-corrected chi connectivity index (χ4v) is 3.04. The summed E-state index contributed by atoms with van der Waals surface area (Å²) in [5.41, 5.74) is 7.63. The van der Waals surface area contributed by atoms with Crippen molar-refractivity contribution in [1.29, 1.82) is 0 Å². The van der Waals surface area contributed by atoms with Gasteiger partial charge in [0.05, 0.1) is 0 Å². The van der Waals surface area contributed by atoms with Crippen molar-refractivity contribution in [2.75, 3.05) is 24.6 Å². The van der Waals surface area contributed by atoms with Gasteiger partial charge in [0.2, 0.25) is 0 Å². The van der Waals surface area contributed by atoms with E-state index in [1.165, 1.54) is 0 Å². The van der Waals surface area contributed by atoms with Gasteiger partial charge in [0.15, 0.2) is 5.84 Å². The molecule has 21 heavy (non-hydrogen) atoms. The number of aliphatic hydroxyl groups is 1. The summed E-state index contributed by atoms with van der Waals surface area (Å²) in [6, 6.07) is 11.9. The maximum absolute atomic E-state index is 9.31. The molecular weight excluding hydrogens is 266 g/mol. The highest BCUT2D eigenvalue weighted by molar-refractivity contribution is 6.11. The lowest BCUT2D eigenvalue weighted by Gasteiger charge is -2.21. The van der Waals surface area contributed by atoms with E-state index in [1.54, 1.807) is 0 Å². The summed E-state index contributed by atoms with van der Waals surface area (Å²) in [7, 11) is 0. The van der Waals surface area contributed by atoms with Gasteiger partial charge in [-0.3, -0.25) is 0 Å². The Labute approximate surface area is 123 Å². The van der Waals surface area contributed by atoms with E-state index in [4.69, 9.17) is 10.9 Å². The van der Waals surface area contributed by atoms with Crippen molar-refractivity contribution in [1.82, 2.24) is 0 Å². The number of anilines is 1. The Kier molecular flexibility index (Phi) is 3.66. The third kappa shape index (κ3) is 2.40. The van der Waals surface area contributed by atoms with Crippen molar-refractivity contribution < 1.29 is 10.3 Å². The molecule has 1 atom stereocenters. The van der Waals surface area contributed by atoms with E-state index < -0.39 is 0 Å². The lowest BCUT2D eigenvalue weighted by Crippen LogP contribution is -2.21. The van der Waals surface area contributed by atoms with Crippen LogP contribution in [0.2, 0.25) is 0 Å². The highest BCUT2D eigenvalue weighted by atomic mass is 16.4. The average molecular weight is 285 g/mol. The minimum Gasteiger partial charge on any atom is -0.409 e. The summed E-state index contributed by atoms with van der Waals surface area (Å²) in [6.07, 6.45) is 1.01. The smallest absolute Gasteiger partial charge is 0.170 e. The number of nitrogens with zero attached hydrogens (tertiary/aromatic N) is 2. The number of benzene rings is 2. The van der Waals surface area contributed by atoms with Crippen molar-refractivity contribution >= 4 is 22.3 Å². The van der Waals surface area contributed by atoms with Gasteiger partial charge in [-0.1, -0.05) is 29.4 Å². The second-order valence-corrected chi connectivity index (χ2v) is 5.45. The average Bonchev–Trinajstić information content (AvgIpc) is 3.02. The van der Waals surface area contributed by atoms with E-state index in [-0.39, 0.29) is 12.4 Å². The molecule has 0 saturated carbocycles. The first-order valence-electron chi connectivity index (χ1n) is 7.10. The molecule has 0 aliphatic carbocycles. The van der Waals surface area contributed by atoms with Crippen LogP contribution in [0.25, 0.3) is 10.8 Å². The zero-order chi connectivity index (χ0) is 14.8. The molecule has 5 heteroatoms. The van der Waals surface area contributed by atoms with Crippen LogP contribution in [0.15, 0.2) is 41.6 Å². The Hall–Kier alpha value is -2.27. The Balaban J connectivity index is 2.10. The molecule has 1 aliphatic rings. The highest BCUT2D eigenvalue weighted by Gasteiger charge is 2.23. The summed E-state index contributed by atoms with van der Waals surface area (Å²) < 4.78 is 0. The number of hydrogen-bond acceptors (Lipinski definition) is 4. The molecule has 1 fully saturated rings. The molecule has 0 radical (unpaired) electrons. The third-order valence-electron chi connectivity index (χ3n) is 4.17. The third-order valence-corrected chi connectivity index (χ3v) is 4.17. The van der Waals surface area contributed by atoms with Crippen LogP contribution in [0, 0.1) is 5.92 Å². The number of fused-ring (bicyclic) bond motifs is 1. The largest absolute Gasteiger partial charge is 0.409 e. The fourth-order valence-electron chi connectivity index (χ4n) is 3.04. The molecule has 5 nitrogen and oxygen atoms in total. The molecule has 1 saturated heterocycles. The molecule has 4 N–H and O–H groups in total. The minimum atomic E-state index is 0.118. The van der Waals surface area contributed by atoms with Crippen LogP contribution in [0.5, 0.6) is 0 Å². The lowest BCUT2D eigenvalue weighted by atomic mass is 10.0. The summed E-state index contributed by atoms with van der Waals surface area (Å²) in [6.45, 7) is 2.04. The molecule has 1 aliphatic heterocycles. The molecule has 0 spiro atoms. The SMILES string of the molecule is N/C(=N/O)c1ccc(N2CCC(CO)C2)c2ccccc12. The Morgan fingerprint density at radius 1 is 1.24 bits per heavy atom. The van der Waals surface area contributed by atoms with Gasteiger partial charge in [0, 0.05) is 42.3 Å². The van der Waals surface area contributed by atoms with Gasteiger partial charge in [-0.15, -0.1) is 0 Å². The van der Waals surface area contributed by atoms with E-state index in [2.05, 4.69) is 10.1 Å². The van der Waals surface area contributed by atoms with Gasteiger partial charge >= 0.3 is 0 Å². The van der Waals surface area contributed by atoms with Crippen molar-refractivity contribution in [2.45, 2.75) is 6.42 Å². The van der Waals surface area contributed by atoms with Gasteiger partial charge in [-0.2, -0.15) is 0 Å². The van der Waals surface area contributed by atoms with Gasteiger partial charge < -0.3 is 20.9 Å². The number of nitrogens with two attached hydrogens (primary N) is 1. The van der Waals surface area contributed by atoms with Gasteiger partial charge in [-0.05, 0) is 23.9 Å². The predicted octanol–water partition coefficient (Wildman–Crippen LogP) is 1.75. The van der Waals surface area contributed by atoms with Gasteiger partial charge in [0.25, 0.3) is 0 Å². The summed E-state index contributed by atoms with van der Waals surface area (Å²) >= 11 is 0. The van der Waals surface area contributed by atoms with Crippen LogP contribution in [0.1, 0.15) is 12.0 Å². The number of aliphatic hydroxyl groups excluding tert-OH is 1. The number of hydrogen-bond donors (Lipinski definition) is 3. The molecular formula is C16H19N3O2. The molecule has 3 rings (SSSR count). The molecule has 0 aromatic heterocycles. The molecule has 0 bridgehead atoms. The highest BCUT2D eigenvalue weighted by Crippen LogP contribution is 2.32. The van der Waals surface area contributed by atoms with Crippen LogP contribution in [0.3, 0.4) is 0 Å². The van der Waals surface area contributed by atoms with E-state index >= 15 is 0 Å². The standard InChI is InChI=1S/C16H19N3O2/c17-16(18-21)14-5-6-15(13-4-2-1-3-12(13)14)19-8-7-11(9-19)10-20/h1-6,11,20-21H,7-10H2,(H2,17,18). The van der Waals surface area contributed by atoms with Crippen LogP contribution in [0.4, 0.5) is 5.69 Å². The van der Waals surface area contributed by atoms with Crippen molar-refractivity contribution in [2.24, 2.45) is 16.8 Å². The van der Waals surface area contributed by atoms with Crippen LogP contribution in [-0.4, -0.2) is 35.8 Å². The maximum atomic E-state index is 9.31. The molecule has 1 unspecified atom stereocenters. The topological polar surface area (TPSA) is 82.1 Å². The number of amidine groups is 1. The van der Waals surface area contributed by atoms with E-state index in [9.17, 15) is 5.11 Å². The Morgan fingerprint density at radius 3 is 2.67 bits per heavy atom. The number of oxime groups is 1. The summed E-state index contributed by atoms with van der Waals surface area (Å²) in [5, 5.41) is 23.4. The van der Waals surface area contributed by atoms with E-state index in [0.717, 1.165) is 41.5 Å². The molecule has 110 valence electrons. The van der Waals surface area contributed by atoms with Gasteiger partial charge in [-0.25, -0.2) is 0 Å². The first-order valence-corrected chi connectivity index (χ1v) is 7.10. The normalized spacial score (nSPS) is 19.4. The first-order chi connectivity index (χ1) is 10.2. The second kappa shape index (κ2) is 5.61. The van der Waals surface area contributed by atoms with E-state index in [0.29, 0.717) is 5.92 Å². The zero-order valence-corrected chi connectivity index (χ0v) is 11.7. The van der Waals surface area contributed by atoms with Crippen molar-refractivity contribution in [3.8, 4) is 0 Å². The van der Waals surface area contributed by atoms with Crippen molar-refractivity contribution in [3.63, 3.8) is 0 Å². The maximum Gasteiger partial charge on any atom is 0.170 e. The number of rotatable bonds is 3. The molecule has 2 aromatic carbocycles. The second-order valence-electron chi connectivity index (χ2n) is 5.45. The van der Waals surface area contributed by atoms with Crippen LogP contribution in [-0.2, 0) is 0 Å². The summed E-state index contributed by atoms with van der Waals surface area (Å²) in [4.78, 5) is 2.29. The van der Waals surface area contributed by atoms with Crippen molar-refractivity contribution in [3.05, 3.63) is 42.0 Å². The monoisotopic (exact) mass is 285 g/mol. The molecule has 2 aromatic rings. The van der Waals surface area contributed by atoms with Crippen LogP contribution >= 0.6 is 0 Å². The van der Waals surface area contributed by atoms with Gasteiger partial charge in [0.1, 0.15) is 0 Å². The van der Waals surface area contributed by atoms with Crippen LogP contribution < -0.4 is 10.6 Å². The molecule has 0 amide bonds. The Morgan fingerprint density at radius 2 is 2.00 bits per heavy atom. The predicted molar refractivity (Wildman–Crippen MR) is 83.9 cm³/mol. The lowest BCUT2D eigenvalue weighted by molar-refractivity contribution is 0.238. The minimum absolute atomic E-state index is 0.118. The van der Waals surface area contributed by atoms with E-state index in [1.807, 2.05) is 36.4 Å². The first kappa shape index (κ1) is 13.7.